The van der Waals surface area contributed by atoms with Gasteiger partial charge in [-0.25, -0.2) is 4.79 Å². The summed E-state index contributed by atoms with van der Waals surface area (Å²) in [7, 11) is 0. The van der Waals surface area contributed by atoms with Crippen LogP contribution < -0.4 is 5.43 Å². The smallest absolute Gasteiger partial charge is 0.334 e. The van der Waals surface area contributed by atoms with Crippen LogP contribution >= 0.6 is 0 Å². The standard InChI is InChI=1S/C18H12O8/c1-6-2-11(26-18(6)24)8-5-10(21)15(22)17-13(8)16(23)14-9(20)3-7(19)4-12(14)25-17/h2-5,11,19-22H,1H3/t11-/m0/s1. The zero-order chi connectivity index (χ0) is 18.7. The van der Waals surface area contributed by atoms with Crippen molar-refractivity contribution in [3.05, 3.63) is 45.6 Å². The number of fused-ring (bicyclic) bond motifs is 2. The summed E-state index contributed by atoms with van der Waals surface area (Å²) in [6.45, 7) is 1.54. The van der Waals surface area contributed by atoms with Gasteiger partial charge >= 0.3 is 5.97 Å². The van der Waals surface area contributed by atoms with Crippen LogP contribution in [0.1, 0.15) is 18.6 Å². The molecule has 0 unspecified atom stereocenters. The number of rotatable bonds is 1. The molecule has 3 aromatic rings. The monoisotopic (exact) mass is 356 g/mol. The zero-order valence-electron chi connectivity index (χ0n) is 13.3. The molecule has 0 spiro atoms. The van der Waals surface area contributed by atoms with Crippen LogP contribution in [0.5, 0.6) is 23.0 Å². The summed E-state index contributed by atoms with van der Waals surface area (Å²) in [5.74, 6) is -2.69. The fourth-order valence-corrected chi connectivity index (χ4v) is 3.03. The Morgan fingerprint density at radius 1 is 0.962 bits per heavy atom. The Bertz CT molecular complexity index is 1200. The lowest BCUT2D eigenvalue weighted by Crippen LogP contribution is -2.09. The van der Waals surface area contributed by atoms with E-state index in [2.05, 4.69) is 0 Å². The van der Waals surface area contributed by atoms with Crippen LogP contribution in [-0.4, -0.2) is 26.4 Å². The van der Waals surface area contributed by atoms with E-state index in [0.717, 1.165) is 18.2 Å². The summed E-state index contributed by atoms with van der Waals surface area (Å²) in [5, 5.41) is 39.4. The van der Waals surface area contributed by atoms with Crippen LogP contribution in [0.25, 0.3) is 21.9 Å². The number of carbonyl (C=O) groups excluding carboxylic acids is 1. The molecule has 132 valence electrons. The van der Waals surface area contributed by atoms with Gasteiger partial charge in [-0.15, -0.1) is 0 Å². The van der Waals surface area contributed by atoms with E-state index < -0.39 is 34.8 Å². The number of hydrogen-bond acceptors (Lipinski definition) is 8. The van der Waals surface area contributed by atoms with Crippen LogP contribution in [0.3, 0.4) is 0 Å². The molecule has 1 atom stereocenters. The van der Waals surface area contributed by atoms with Gasteiger partial charge in [-0.1, -0.05) is 0 Å². The lowest BCUT2D eigenvalue weighted by molar-refractivity contribution is -0.139. The highest BCUT2D eigenvalue weighted by atomic mass is 16.5. The maximum Gasteiger partial charge on any atom is 0.334 e. The molecule has 0 aliphatic carbocycles. The van der Waals surface area contributed by atoms with E-state index in [1.807, 2.05) is 0 Å². The highest BCUT2D eigenvalue weighted by molar-refractivity contribution is 5.99. The number of aromatic hydroxyl groups is 4. The second-order valence-electron chi connectivity index (χ2n) is 5.98. The molecular weight excluding hydrogens is 344 g/mol. The summed E-state index contributed by atoms with van der Waals surface area (Å²) >= 11 is 0. The van der Waals surface area contributed by atoms with E-state index in [9.17, 15) is 30.0 Å². The maximum atomic E-state index is 13.0. The summed E-state index contributed by atoms with van der Waals surface area (Å²) < 4.78 is 10.6. The number of cyclic esters (lactones) is 1. The third kappa shape index (κ3) is 2.08. The van der Waals surface area contributed by atoms with Gasteiger partial charge in [0.2, 0.25) is 11.2 Å². The largest absolute Gasteiger partial charge is 0.508 e. The Balaban J connectivity index is 2.18. The molecule has 0 amide bonds. The van der Waals surface area contributed by atoms with Crippen molar-refractivity contribution in [1.82, 2.24) is 0 Å². The number of phenolic OH excluding ortho intramolecular Hbond substituents is 4. The second kappa shape index (κ2) is 5.16. The molecule has 2 heterocycles. The minimum absolute atomic E-state index is 0.101. The number of esters is 1. The number of ether oxygens (including phenoxy) is 1. The van der Waals surface area contributed by atoms with E-state index in [-0.39, 0.29) is 33.3 Å². The van der Waals surface area contributed by atoms with Gasteiger partial charge in [-0.05, 0) is 19.1 Å². The van der Waals surface area contributed by atoms with Gasteiger partial charge in [-0.3, -0.25) is 4.79 Å². The summed E-state index contributed by atoms with van der Waals surface area (Å²) in [5.41, 5.74) is -0.811. The molecular formula is C18H12O8. The predicted molar refractivity (Wildman–Crippen MR) is 89.2 cm³/mol. The van der Waals surface area contributed by atoms with E-state index in [4.69, 9.17) is 9.15 Å². The maximum absolute atomic E-state index is 13.0. The van der Waals surface area contributed by atoms with Crippen molar-refractivity contribution < 1.29 is 34.4 Å². The minimum Gasteiger partial charge on any atom is -0.508 e. The molecule has 1 aliphatic rings. The number of benzene rings is 2. The van der Waals surface area contributed by atoms with Gasteiger partial charge < -0.3 is 29.6 Å². The van der Waals surface area contributed by atoms with Crippen LogP contribution in [0, 0.1) is 0 Å². The van der Waals surface area contributed by atoms with Crippen molar-refractivity contribution in [2.45, 2.75) is 13.0 Å². The van der Waals surface area contributed by atoms with Crippen molar-refractivity contribution in [3.8, 4) is 23.0 Å². The number of hydrogen-bond donors (Lipinski definition) is 4. The quantitative estimate of drug-likeness (QED) is 0.296. The van der Waals surface area contributed by atoms with Crippen molar-refractivity contribution in [1.29, 1.82) is 0 Å². The van der Waals surface area contributed by atoms with Crippen LogP contribution in [0.4, 0.5) is 0 Å². The molecule has 0 bridgehead atoms. The molecule has 8 heteroatoms. The van der Waals surface area contributed by atoms with Crippen molar-refractivity contribution in [2.24, 2.45) is 0 Å². The fraction of sp³-hybridized carbons (Fsp3) is 0.111. The molecule has 26 heavy (non-hydrogen) atoms. The Morgan fingerprint density at radius 2 is 1.69 bits per heavy atom. The van der Waals surface area contributed by atoms with E-state index in [1.165, 1.54) is 13.0 Å². The molecule has 4 N–H and O–H groups in total. The average Bonchev–Trinajstić information content (AvgIpc) is 2.89. The molecule has 0 saturated carbocycles. The van der Waals surface area contributed by atoms with Gasteiger partial charge in [0.05, 0.1) is 5.39 Å². The van der Waals surface area contributed by atoms with Crippen molar-refractivity contribution in [2.75, 3.05) is 0 Å². The Kier molecular flexibility index (Phi) is 3.14. The fourth-order valence-electron chi connectivity index (χ4n) is 3.03. The Hall–Kier alpha value is -3.68. The molecule has 8 nitrogen and oxygen atoms in total. The topological polar surface area (TPSA) is 137 Å². The van der Waals surface area contributed by atoms with E-state index >= 15 is 0 Å². The summed E-state index contributed by atoms with van der Waals surface area (Å²) in [6, 6.07) is 3.17. The SMILES string of the molecule is CC1=C[C@@H](c2cc(O)c(O)c3oc4cc(O)cc(O)c4c(=O)c23)OC1=O. The number of phenols is 4. The van der Waals surface area contributed by atoms with Crippen LogP contribution in [-0.2, 0) is 9.53 Å². The van der Waals surface area contributed by atoms with Crippen molar-refractivity contribution in [3.63, 3.8) is 0 Å². The normalized spacial score (nSPS) is 16.9. The molecule has 1 aliphatic heterocycles. The summed E-state index contributed by atoms with van der Waals surface area (Å²) in [6.07, 6.45) is 0.504. The van der Waals surface area contributed by atoms with E-state index in [0.29, 0.717) is 5.57 Å². The first-order chi connectivity index (χ1) is 12.3. The number of carbonyl (C=O) groups is 1. The molecule has 0 saturated heterocycles. The first kappa shape index (κ1) is 15.8. The minimum atomic E-state index is -0.962. The lowest BCUT2D eigenvalue weighted by atomic mass is 10.00. The van der Waals surface area contributed by atoms with Gasteiger partial charge in [0, 0.05) is 23.3 Å². The zero-order valence-corrected chi connectivity index (χ0v) is 13.3. The molecule has 4 rings (SSSR count). The van der Waals surface area contributed by atoms with Gasteiger partial charge in [0.25, 0.3) is 0 Å². The van der Waals surface area contributed by atoms with Crippen LogP contribution in [0.2, 0.25) is 0 Å². The van der Waals surface area contributed by atoms with Crippen LogP contribution in [0.15, 0.2) is 39.1 Å². The van der Waals surface area contributed by atoms with Gasteiger partial charge in [-0.2, -0.15) is 0 Å². The molecule has 2 aromatic carbocycles. The second-order valence-corrected chi connectivity index (χ2v) is 5.98. The average molecular weight is 356 g/mol. The van der Waals surface area contributed by atoms with Gasteiger partial charge in [0.1, 0.15) is 28.6 Å². The first-order valence-electron chi connectivity index (χ1n) is 7.54. The Morgan fingerprint density at radius 3 is 2.35 bits per heavy atom. The first-order valence-corrected chi connectivity index (χ1v) is 7.54. The van der Waals surface area contributed by atoms with Crippen molar-refractivity contribution >= 4 is 27.9 Å². The lowest BCUT2D eigenvalue weighted by Gasteiger charge is -2.14. The Labute approximate surface area is 144 Å². The highest BCUT2D eigenvalue weighted by Crippen LogP contribution is 2.42. The van der Waals surface area contributed by atoms with Gasteiger partial charge in [0.15, 0.2) is 11.3 Å². The molecule has 1 aromatic heterocycles. The predicted octanol–water partition coefficient (Wildman–Crippen LogP) is 2.31. The molecule has 0 radical (unpaired) electrons. The molecule has 0 fully saturated rings. The highest BCUT2D eigenvalue weighted by Gasteiger charge is 2.29. The third-order valence-electron chi connectivity index (χ3n) is 4.26. The van der Waals surface area contributed by atoms with E-state index in [1.54, 1.807) is 0 Å². The summed E-state index contributed by atoms with van der Waals surface area (Å²) in [4.78, 5) is 24.6. The third-order valence-corrected chi connectivity index (χ3v) is 4.26.